The second-order valence-corrected chi connectivity index (χ2v) is 2.38. The quantitative estimate of drug-likeness (QED) is 0.542. The predicted molar refractivity (Wildman–Crippen MR) is 31.6 cm³/mol. The first-order valence-corrected chi connectivity index (χ1v) is 3.18. The Morgan fingerprint density at radius 3 is 2.75 bits per heavy atom. The van der Waals surface area contributed by atoms with E-state index in [1.54, 1.807) is 6.92 Å². The molecule has 2 atom stereocenters. The minimum Gasteiger partial charge on any atom is -0.311 e. The highest BCUT2D eigenvalue weighted by molar-refractivity contribution is 4.78. The molecule has 48 valence electrons. The monoisotopic (exact) mass is 117 g/mol. The van der Waals surface area contributed by atoms with Gasteiger partial charge in [0.05, 0.1) is 0 Å². The van der Waals surface area contributed by atoms with Crippen LogP contribution in [0.25, 0.3) is 0 Å². The van der Waals surface area contributed by atoms with Gasteiger partial charge >= 0.3 is 0 Å². The Morgan fingerprint density at radius 1 is 1.75 bits per heavy atom. The molecule has 0 aliphatic carbocycles. The van der Waals surface area contributed by atoms with Crippen molar-refractivity contribution in [3.05, 3.63) is 0 Å². The van der Waals surface area contributed by atoms with E-state index in [9.17, 15) is 4.39 Å². The number of rotatable bonds is 1. The van der Waals surface area contributed by atoms with Crippen molar-refractivity contribution < 1.29 is 4.39 Å². The Bertz CT molecular complexity index is 66.9. The van der Waals surface area contributed by atoms with Crippen LogP contribution in [0.1, 0.15) is 19.8 Å². The molecule has 0 radical (unpaired) electrons. The second kappa shape index (κ2) is 2.44. The minimum absolute atomic E-state index is 0.148. The third-order valence-corrected chi connectivity index (χ3v) is 1.65. The van der Waals surface area contributed by atoms with Crippen molar-refractivity contribution in [3.8, 4) is 0 Å². The van der Waals surface area contributed by atoms with Gasteiger partial charge in [-0.25, -0.2) is 4.39 Å². The van der Waals surface area contributed by atoms with Crippen LogP contribution in [0.2, 0.25) is 0 Å². The van der Waals surface area contributed by atoms with Gasteiger partial charge in [-0.15, -0.1) is 0 Å². The molecule has 0 spiro atoms. The summed E-state index contributed by atoms with van der Waals surface area (Å²) >= 11 is 0. The minimum atomic E-state index is -0.669. The lowest BCUT2D eigenvalue weighted by Crippen LogP contribution is -2.29. The molecule has 0 unspecified atom stereocenters. The first-order chi connectivity index (χ1) is 3.80. The lowest BCUT2D eigenvalue weighted by molar-refractivity contribution is 0.288. The molecule has 0 saturated carbocycles. The van der Waals surface area contributed by atoms with Gasteiger partial charge in [0.2, 0.25) is 0 Å². The van der Waals surface area contributed by atoms with Crippen molar-refractivity contribution in [1.29, 1.82) is 0 Å². The zero-order valence-electron chi connectivity index (χ0n) is 5.15. The number of halogens is 1. The van der Waals surface area contributed by atoms with Crippen molar-refractivity contribution >= 4 is 0 Å². The first kappa shape index (κ1) is 6.02. The maximum atomic E-state index is 12.3. The van der Waals surface area contributed by atoms with Crippen LogP contribution in [0.5, 0.6) is 0 Å². The summed E-state index contributed by atoms with van der Waals surface area (Å²) in [6.07, 6.45) is 1.48. The molecule has 1 heterocycles. The van der Waals surface area contributed by atoms with Gasteiger partial charge < -0.3 is 5.32 Å². The molecule has 8 heavy (non-hydrogen) atoms. The van der Waals surface area contributed by atoms with E-state index in [1.807, 2.05) is 0 Å². The van der Waals surface area contributed by atoms with E-state index < -0.39 is 6.17 Å². The van der Waals surface area contributed by atoms with Crippen molar-refractivity contribution in [2.24, 2.45) is 0 Å². The number of nitrogens with one attached hydrogen (secondary N) is 1. The maximum Gasteiger partial charge on any atom is 0.113 e. The molecule has 0 amide bonds. The predicted octanol–water partition coefficient (Wildman–Crippen LogP) is 1.10. The van der Waals surface area contributed by atoms with Crippen LogP contribution in [-0.4, -0.2) is 18.8 Å². The molecule has 1 rings (SSSR count). The van der Waals surface area contributed by atoms with Crippen LogP contribution >= 0.6 is 0 Å². The molecule has 1 nitrogen and oxygen atoms in total. The van der Waals surface area contributed by atoms with Crippen molar-refractivity contribution in [2.45, 2.75) is 32.0 Å². The fraction of sp³-hybridized carbons (Fsp3) is 1.00. The molecule has 0 bridgehead atoms. The molecule has 1 N–H and O–H groups in total. The Hall–Kier alpha value is -0.110. The van der Waals surface area contributed by atoms with E-state index in [1.165, 1.54) is 0 Å². The molecule has 1 aliphatic rings. The lowest BCUT2D eigenvalue weighted by atomic mass is 10.1. The Morgan fingerprint density at radius 2 is 2.50 bits per heavy atom. The topological polar surface area (TPSA) is 12.0 Å². The highest BCUT2D eigenvalue weighted by atomic mass is 19.1. The Balaban J connectivity index is 2.24. The highest BCUT2D eigenvalue weighted by Gasteiger charge is 2.19. The summed E-state index contributed by atoms with van der Waals surface area (Å²) in [5, 5.41) is 3.08. The van der Waals surface area contributed by atoms with E-state index in [4.69, 9.17) is 0 Å². The Labute approximate surface area is 49.3 Å². The lowest BCUT2D eigenvalue weighted by Gasteiger charge is -2.09. The molecule has 1 fully saturated rings. The summed E-state index contributed by atoms with van der Waals surface area (Å²) in [5.74, 6) is 0. The first-order valence-electron chi connectivity index (χ1n) is 3.18. The summed E-state index contributed by atoms with van der Waals surface area (Å²) in [4.78, 5) is 0. The summed E-state index contributed by atoms with van der Waals surface area (Å²) in [6.45, 7) is 2.61. The van der Waals surface area contributed by atoms with Gasteiger partial charge in [-0.05, 0) is 26.3 Å². The summed E-state index contributed by atoms with van der Waals surface area (Å²) < 4.78 is 12.3. The molecule has 1 saturated heterocycles. The largest absolute Gasteiger partial charge is 0.311 e. The van der Waals surface area contributed by atoms with Gasteiger partial charge in [0.1, 0.15) is 6.17 Å². The SMILES string of the molecule is C[C@H](F)[C@H]1CCCN1. The van der Waals surface area contributed by atoms with Crippen LogP contribution < -0.4 is 5.32 Å². The van der Waals surface area contributed by atoms with Gasteiger partial charge in [-0.3, -0.25) is 0 Å². The highest BCUT2D eigenvalue weighted by Crippen LogP contribution is 2.10. The average Bonchev–Trinajstić information content (AvgIpc) is 2.12. The smallest absolute Gasteiger partial charge is 0.113 e. The standard InChI is InChI=1S/C6H12FN/c1-5(7)6-3-2-4-8-6/h5-6,8H,2-4H2,1H3/t5-,6+/m0/s1. The van der Waals surface area contributed by atoms with E-state index in [0.29, 0.717) is 0 Å². The molecular formula is C6H12FN. The zero-order valence-corrected chi connectivity index (χ0v) is 5.15. The third-order valence-electron chi connectivity index (χ3n) is 1.65. The molecular weight excluding hydrogens is 105 g/mol. The van der Waals surface area contributed by atoms with Crippen LogP contribution in [-0.2, 0) is 0 Å². The van der Waals surface area contributed by atoms with Crippen molar-refractivity contribution in [2.75, 3.05) is 6.54 Å². The average molecular weight is 117 g/mol. The van der Waals surface area contributed by atoms with Crippen molar-refractivity contribution in [1.82, 2.24) is 5.32 Å². The van der Waals surface area contributed by atoms with Gasteiger partial charge in [0.15, 0.2) is 0 Å². The Kier molecular flexibility index (Phi) is 1.84. The summed E-state index contributed by atoms with van der Waals surface area (Å²) in [5.41, 5.74) is 0. The van der Waals surface area contributed by atoms with Gasteiger partial charge in [-0.1, -0.05) is 0 Å². The fourth-order valence-electron chi connectivity index (χ4n) is 1.10. The van der Waals surface area contributed by atoms with E-state index in [-0.39, 0.29) is 6.04 Å². The molecule has 0 aromatic rings. The van der Waals surface area contributed by atoms with Gasteiger partial charge in [0.25, 0.3) is 0 Å². The zero-order chi connectivity index (χ0) is 5.98. The summed E-state index contributed by atoms with van der Waals surface area (Å²) in [6, 6.07) is 0.148. The van der Waals surface area contributed by atoms with E-state index in [0.717, 1.165) is 19.4 Å². The van der Waals surface area contributed by atoms with Crippen LogP contribution in [0, 0.1) is 0 Å². The molecule has 2 heteroatoms. The van der Waals surface area contributed by atoms with Gasteiger partial charge in [-0.2, -0.15) is 0 Å². The van der Waals surface area contributed by atoms with Crippen LogP contribution in [0.4, 0.5) is 4.39 Å². The van der Waals surface area contributed by atoms with Crippen molar-refractivity contribution in [3.63, 3.8) is 0 Å². The second-order valence-electron chi connectivity index (χ2n) is 2.38. The molecule has 1 aliphatic heterocycles. The van der Waals surface area contributed by atoms with Gasteiger partial charge in [0, 0.05) is 6.04 Å². The molecule has 0 aromatic heterocycles. The number of hydrogen-bond acceptors (Lipinski definition) is 1. The van der Waals surface area contributed by atoms with E-state index in [2.05, 4.69) is 5.32 Å². The normalized spacial score (nSPS) is 33.0. The van der Waals surface area contributed by atoms with Crippen LogP contribution in [0.15, 0.2) is 0 Å². The number of alkyl halides is 1. The number of hydrogen-bond donors (Lipinski definition) is 1. The maximum absolute atomic E-state index is 12.3. The summed E-state index contributed by atoms with van der Waals surface area (Å²) in [7, 11) is 0. The van der Waals surface area contributed by atoms with E-state index >= 15 is 0 Å². The van der Waals surface area contributed by atoms with Crippen LogP contribution in [0.3, 0.4) is 0 Å². The molecule has 0 aromatic carbocycles. The fourth-order valence-corrected chi connectivity index (χ4v) is 1.10. The third kappa shape index (κ3) is 1.19.